The van der Waals surface area contributed by atoms with Gasteiger partial charge < -0.3 is 9.84 Å². The van der Waals surface area contributed by atoms with Gasteiger partial charge in [-0.05, 0) is 36.6 Å². The van der Waals surface area contributed by atoms with Crippen LogP contribution in [-0.4, -0.2) is 22.6 Å². The van der Waals surface area contributed by atoms with Crippen LogP contribution < -0.4 is 10.3 Å². The Morgan fingerprint density at radius 3 is 2.48 bits per heavy atom. The van der Waals surface area contributed by atoms with Crippen molar-refractivity contribution >= 4 is 5.78 Å². The Balaban J connectivity index is 2.44. The third kappa shape index (κ3) is 4.37. The molecule has 1 aromatic heterocycles. The standard InChI is InChI=1S/C21H24N2O4/c1-4-5-6-11-23-20(25)17(13-22)14(2)19(21(23)26)18(24)12-15-7-9-16(27-3)10-8-15/h7-10,26H,4-6,11-12H2,1-3H3. The van der Waals surface area contributed by atoms with Crippen molar-refractivity contribution in [3.05, 3.63) is 56.9 Å². The summed E-state index contributed by atoms with van der Waals surface area (Å²) in [5.74, 6) is -0.0107. The van der Waals surface area contributed by atoms with Gasteiger partial charge in [-0.1, -0.05) is 31.9 Å². The maximum atomic E-state index is 12.9. The SMILES string of the molecule is CCCCCn1c(O)c(C(=O)Cc2ccc(OC)cc2)c(C)c(C#N)c1=O. The Kier molecular flexibility index (Phi) is 6.78. The molecule has 0 aliphatic heterocycles. The highest BCUT2D eigenvalue weighted by atomic mass is 16.5. The fourth-order valence-corrected chi connectivity index (χ4v) is 3.03. The second-order valence-electron chi connectivity index (χ2n) is 6.42. The number of benzene rings is 1. The third-order valence-corrected chi connectivity index (χ3v) is 4.59. The number of hydrogen-bond acceptors (Lipinski definition) is 5. The van der Waals surface area contributed by atoms with Gasteiger partial charge in [-0.25, -0.2) is 0 Å². The largest absolute Gasteiger partial charge is 0.497 e. The summed E-state index contributed by atoms with van der Waals surface area (Å²) >= 11 is 0. The van der Waals surface area contributed by atoms with Crippen molar-refractivity contribution in [2.45, 2.75) is 46.1 Å². The van der Waals surface area contributed by atoms with E-state index in [4.69, 9.17) is 4.74 Å². The number of ether oxygens (including phenoxy) is 1. The molecule has 0 fully saturated rings. The van der Waals surface area contributed by atoms with Crippen molar-refractivity contribution in [3.8, 4) is 17.7 Å². The topological polar surface area (TPSA) is 92.3 Å². The summed E-state index contributed by atoms with van der Waals surface area (Å²) in [5, 5.41) is 20.0. The van der Waals surface area contributed by atoms with Gasteiger partial charge in [0.1, 0.15) is 17.4 Å². The second-order valence-corrected chi connectivity index (χ2v) is 6.42. The zero-order chi connectivity index (χ0) is 20.0. The van der Waals surface area contributed by atoms with Crippen molar-refractivity contribution < 1.29 is 14.6 Å². The number of aromatic nitrogens is 1. The zero-order valence-corrected chi connectivity index (χ0v) is 15.9. The second kappa shape index (κ2) is 9.04. The molecule has 6 heteroatoms. The molecule has 142 valence electrons. The lowest BCUT2D eigenvalue weighted by Crippen LogP contribution is -2.27. The first-order valence-electron chi connectivity index (χ1n) is 8.97. The molecule has 6 nitrogen and oxygen atoms in total. The molecule has 0 amide bonds. The molecule has 2 rings (SSSR count). The molecule has 0 unspecified atom stereocenters. The van der Waals surface area contributed by atoms with Crippen molar-refractivity contribution in [3.63, 3.8) is 0 Å². The quantitative estimate of drug-likeness (QED) is 0.570. The summed E-state index contributed by atoms with van der Waals surface area (Å²) in [5.41, 5.74) is 0.373. The van der Waals surface area contributed by atoms with Gasteiger partial charge in [0.05, 0.1) is 12.7 Å². The number of pyridine rings is 1. The highest BCUT2D eigenvalue weighted by Gasteiger charge is 2.23. The van der Waals surface area contributed by atoms with Gasteiger partial charge in [0, 0.05) is 13.0 Å². The maximum Gasteiger partial charge on any atom is 0.271 e. The van der Waals surface area contributed by atoms with E-state index in [1.165, 1.54) is 6.92 Å². The molecular weight excluding hydrogens is 344 g/mol. The van der Waals surface area contributed by atoms with Crippen LogP contribution in [-0.2, 0) is 13.0 Å². The molecule has 0 atom stereocenters. The number of carbonyl (C=O) groups excluding carboxylic acids is 1. The number of nitrogens with zero attached hydrogens (tertiary/aromatic N) is 2. The molecule has 0 saturated carbocycles. The molecule has 0 aliphatic rings. The summed E-state index contributed by atoms with van der Waals surface area (Å²) in [6.07, 6.45) is 2.58. The summed E-state index contributed by atoms with van der Waals surface area (Å²) in [4.78, 5) is 25.4. The molecule has 0 saturated heterocycles. The zero-order valence-electron chi connectivity index (χ0n) is 15.9. The van der Waals surface area contributed by atoms with Crippen molar-refractivity contribution in [1.82, 2.24) is 4.57 Å². The molecule has 0 bridgehead atoms. The molecule has 0 spiro atoms. The van der Waals surface area contributed by atoms with E-state index in [0.717, 1.165) is 23.0 Å². The summed E-state index contributed by atoms with van der Waals surface area (Å²) in [7, 11) is 1.56. The van der Waals surface area contributed by atoms with Gasteiger partial charge >= 0.3 is 0 Å². The summed E-state index contributed by atoms with van der Waals surface area (Å²) in [6, 6.07) is 8.92. The monoisotopic (exact) mass is 368 g/mol. The number of hydrogen-bond donors (Lipinski definition) is 1. The van der Waals surface area contributed by atoms with Crippen LogP contribution in [0.25, 0.3) is 0 Å². The Morgan fingerprint density at radius 2 is 1.93 bits per heavy atom. The number of ketones is 1. The minimum Gasteiger partial charge on any atom is -0.497 e. The van der Waals surface area contributed by atoms with E-state index in [9.17, 15) is 20.0 Å². The van der Waals surface area contributed by atoms with Crippen LogP contribution >= 0.6 is 0 Å². The number of rotatable bonds is 8. The van der Waals surface area contributed by atoms with Crippen LogP contribution in [0.2, 0.25) is 0 Å². The third-order valence-electron chi connectivity index (χ3n) is 4.59. The molecule has 1 aromatic carbocycles. The van der Waals surface area contributed by atoms with Crippen LogP contribution in [0.5, 0.6) is 11.6 Å². The van der Waals surface area contributed by atoms with Crippen LogP contribution in [0.1, 0.15) is 53.2 Å². The van der Waals surface area contributed by atoms with E-state index < -0.39 is 5.56 Å². The Labute approximate surface area is 158 Å². The first kappa shape index (κ1) is 20.2. The highest BCUT2D eigenvalue weighted by molar-refractivity contribution is 6.01. The van der Waals surface area contributed by atoms with Gasteiger partial charge in [0.15, 0.2) is 5.78 Å². The summed E-state index contributed by atoms with van der Waals surface area (Å²) in [6.45, 7) is 3.83. The lowest BCUT2D eigenvalue weighted by atomic mass is 9.97. The maximum absolute atomic E-state index is 12.9. The molecule has 0 aliphatic carbocycles. The predicted octanol–water partition coefficient (Wildman–Crippen LogP) is 3.36. The van der Waals surface area contributed by atoms with Gasteiger partial charge in [-0.2, -0.15) is 5.26 Å². The average molecular weight is 368 g/mol. The first-order chi connectivity index (χ1) is 12.9. The number of nitriles is 1. The van der Waals surface area contributed by atoms with E-state index in [1.807, 2.05) is 13.0 Å². The van der Waals surface area contributed by atoms with E-state index in [0.29, 0.717) is 12.2 Å². The smallest absolute Gasteiger partial charge is 0.271 e. The van der Waals surface area contributed by atoms with Gasteiger partial charge in [0.25, 0.3) is 5.56 Å². The first-order valence-corrected chi connectivity index (χ1v) is 8.97. The lowest BCUT2D eigenvalue weighted by Gasteiger charge is -2.15. The number of methoxy groups -OCH3 is 1. The molecule has 2 aromatic rings. The van der Waals surface area contributed by atoms with E-state index in [2.05, 4.69) is 0 Å². The number of unbranched alkanes of at least 4 members (excludes halogenated alkanes) is 2. The predicted molar refractivity (Wildman–Crippen MR) is 102 cm³/mol. The summed E-state index contributed by atoms with van der Waals surface area (Å²) < 4.78 is 6.25. The minimum absolute atomic E-state index is 0.0402. The van der Waals surface area contributed by atoms with Gasteiger partial charge in [-0.3, -0.25) is 14.2 Å². The lowest BCUT2D eigenvalue weighted by molar-refractivity contribution is 0.0988. The van der Waals surface area contributed by atoms with Crippen molar-refractivity contribution in [1.29, 1.82) is 5.26 Å². The van der Waals surface area contributed by atoms with Crippen LogP contribution in [0.4, 0.5) is 0 Å². The molecular formula is C21H24N2O4. The number of aromatic hydroxyl groups is 1. The normalized spacial score (nSPS) is 10.4. The number of Topliss-reactive ketones (excluding diaryl/α,β-unsaturated/α-hetero) is 1. The molecule has 0 radical (unpaired) electrons. The van der Waals surface area contributed by atoms with E-state index in [1.54, 1.807) is 31.4 Å². The van der Waals surface area contributed by atoms with Crippen LogP contribution in [0.15, 0.2) is 29.1 Å². The molecule has 1 N–H and O–H groups in total. The minimum atomic E-state index is -0.551. The van der Waals surface area contributed by atoms with Gasteiger partial charge in [0.2, 0.25) is 5.88 Å². The Hall–Kier alpha value is -3.07. The van der Waals surface area contributed by atoms with E-state index in [-0.39, 0.29) is 41.3 Å². The molecule has 1 heterocycles. The highest BCUT2D eigenvalue weighted by Crippen LogP contribution is 2.24. The van der Waals surface area contributed by atoms with E-state index >= 15 is 0 Å². The van der Waals surface area contributed by atoms with Crippen LogP contribution in [0.3, 0.4) is 0 Å². The van der Waals surface area contributed by atoms with Gasteiger partial charge in [-0.15, -0.1) is 0 Å². The number of carbonyl (C=O) groups is 1. The average Bonchev–Trinajstić information content (AvgIpc) is 2.65. The van der Waals surface area contributed by atoms with Crippen LogP contribution in [0, 0.1) is 18.3 Å². The fourth-order valence-electron chi connectivity index (χ4n) is 3.03. The van der Waals surface area contributed by atoms with Crippen molar-refractivity contribution in [2.24, 2.45) is 0 Å². The van der Waals surface area contributed by atoms with Crippen molar-refractivity contribution in [2.75, 3.05) is 7.11 Å². The fraction of sp³-hybridized carbons (Fsp3) is 0.381. The molecule has 27 heavy (non-hydrogen) atoms. The Morgan fingerprint density at radius 1 is 1.26 bits per heavy atom. The Bertz CT molecular complexity index is 921.